The molecule has 0 bridgehead atoms. The third-order valence-electron chi connectivity index (χ3n) is 6.33. The minimum absolute atomic E-state index is 0.0340. The molecule has 2 heterocycles. The van der Waals surface area contributed by atoms with Crippen LogP contribution in [0.3, 0.4) is 0 Å². The summed E-state index contributed by atoms with van der Waals surface area (Å²) in [6, 6.07) is 12.2. The summed E-state index contributed by atoms with van der Waals surface area (Å²) in [5.74, 6) is -0.382. The summed E-state index contributed by atoms with van der Waals surface area (Å²) in [7, 11) is 0. The van der Waals surface area contributed by atoms with Crippen LogP contribution in [0.5, 0.6) is 0 Å². The van der Waals surface area contributed by atoms with Crippen LogP contribution in [0, 0.1) is 11.3 Å². The maximum absolute atomic E-state index is 14.6. The van der Waals surface area contributed by atoms with E-state index in [1.807, 2.05) is 30.3 Å². The molecule has 2 aromatic heterocycles. The molecule has 9 heteroatoms. The predicted octanol–water partition coefficient (Wildman–Crippen LogP) is 4.46. The van der Waals surface area contributed by atoms with Crippen LogP contribution in [-0.2, 0) is 4.79 Å². The van der Waals surface area contributed by atoms with E-state index < -0.39 is 22.9 Å². The van der Waals surface area contributed by atoms with E-state index >= 15 is 0 Å². The Kier molecular flexibility index (Phi) is 6.00. The molecule has 0 aliphatic heterocycles. The van der Waals surface area contributed by atoms with Crippen molar-refractivity contribution < 1.29 is 14.0 Å². The molecular formula is C25H24FN5O2S. The van der Waals surface area contributed by atoms with Crippen LogP contribution in [0.15, 0.2) is 48.8 Å². The lowest BCUT2D eigenvalue weighted by atomic mass is 10.0. The van der Waals surface area contributed by atoms with Crippen LogP contribution in [0.2, 0.25) is 0 Å². The van der Waals surface area contributed by atoms with Crippen molar-refractivity contribution in [3.8, 4) is 6.07 Å². The number of nitriles is 1. The Bertz CT molecular complexity index is 1270. The van der Waals surface area contributed by atoms with Gasteiger partial charge in [0.2, 0.25) is 5.91 Å². The second kappa shape index (κ2) is 9.11. The first-order chi connectivity index (χ1) is 16.5. The van der Waals surface area contributed by atoms with E-state index in [4.69, 9.17) is 0 Å². The predicted molar refractivity (Wildman–Crippen MR) is 128 cm³/mol. The summed E-state index contributed by atoms with van der Waals surface area (Å²) in [4.78, 5) is 33.1. The molecule has 2 amide bonds. The van der Waals surface area contributed by atoms with Gasteiger partial charge < -0.3 is 10.3 Å². The fourth-order valence-electron chi connectivity index (χ4n) is 4.00. The third-order valence-corrected chi connectivity index (χ3v) is 7.29. The van der Waals surface area contributed by atoms with Crippen LogP contribution in [0.1, 0.15) is 65.8 Å². The molecule has 2 aliphatic rings. The average Bonchev–Trinajstić information content (AvgIpc) is 3.78. The molecule has 7 nitrogen and oxygen atoms in total. The Hall–Kier alpha value is -3.38. The van der Waals surface area contributed by atoms with Gasteiger partial charge in [-0.15, -0.1) is 0 Å². The fourth-order valence-corrected chi connectivity index (χ4v) is 4.92. The lowest BCUT2D eigenvalue weighted by Gasteiger charge is -2.21. The number of benzene rings is 1. The van der Waals surface area contributed by atoms with E-state index in [-0.39, 0.29) is 12.3 Å². The molecule has 2 atom stereocenters. The minimum Gasteiger partial charge on any atom is -0.354 e. The molecule has 2 saturated carbocycles. The largest absolute Gasteiger partial charge is 0.354 e. The maximum atomic E-state index is 14.6. The molecular weight excluding hydrogens is 453 g/mol. The van der Waals surface area contributed by atoms with E-state index in [9.17, 15) is 19.2 Å². The zero-order valence-electron chi connectivity index (χ0n) is 18.4. The Morgan fingerprint density at radius 3 is 2.76 bits per heavy atom. The van der Waals surface area contributed by atoms with Gasteiger partial charge >= 0.3 is 0 Å². The summed E-state index contributed by atoms with van der Waals surface area (Å²) in [6.07, 6.45) is 6.23. The smallest absolute Gasteiger partial charge is 0.277 e. The third kappa shape index (κ3) is 4.92. The highest BCUT2D eigenvalue weighted by atomic mass is 32.2. The van der Waals surface area contributed by atoms with Crippen LogP contribution in [0.4, 0.5) is 4.39 Å². The summed E-state index contributed by atoms with van der Waals surface area (Å²) < 4.78 is 17.3. The van der Waals surface area contributed by atoms with E-state index in [1.54, 1.807) is 18.5 Å². The average molecular weight is 478 g/mol. The summed E-state index contributed by atoms with van der Waals surface area (Å²) in [5.41, 5.74) is 0.605. The van der Waals surface area contributed by atoms with E-state index in [0.29, 0.717) is 30.0 Å². The molecule has 174 valence electrons. The summed E-state index contributed by atoms with van der Waals surface area (Å²) in [6.45, 7) is 0. The van der Waals surface area contributed by atoms with Crippen molar-refractivity contribution in [2.45, 2.75) is 55.0 Å². The molecule has 0 spiro atoms. The molecule has 0 saturated heterocycles. The quantitative estimate of drug-likeness (QED) is 0.394. The molecule has 2 aliphatic carbocycles. The Morgan fingerprint density at radius 2 is 2.03 bits per heavy atom. The number of fused-ring (bicyclic) bond motifs is 1. The number of nitrogens with one attached hydrogen (secondary N) is 3. The first-order valence-corrected chi connectivity index (χ1v) is 12.2. The number of carbonyl (C=O) groups is 2. The second-order valence-electron chi connectivity index (χ2n) is 9.01. The number of alkyl halides is 1. The van der Waals surface area contributed by atoms with Crippen molar-refractivity contribution in [1.29, 1.82) is 5.26 Å². The molecule has 1 aromatic carbocycles. The van der Waals surface area contributed by atoms with Gasteiger partial charge in [0, 0.05) is 35.5 Å². The Balaban J connectivity index is 1.29. The summed E-state index contributed by atoms with van der Waals surface area (Å²) in [5, 5.41) is 13.3. The van der Waals surface area contributed by atoms with Crippen molar-refractivity contribution in [2.24, 2.45) is 0 Å². The molecule has 5 rings (SSSR count). The second-order valence-corrected chi connectivity index (χ2v) is 10.0. The number of halogens is 1. The van der Waals surface area contributed by atoms with Crippen molar-refractivity contribution >= 4 is 34.5 Å². The molecule has 3 aromatic rings. The van der Waals surface area contributed by atoms with Gasteiger partial charge in [-0.1, -0.05) is 24.3 Å². The van der Waals surface area contributed by atoms with Crippen molar-refractivity contribution in [2.75, 3.05) is 0 Å². The standard InChI is InChI=1S/C25H24FN5O2S/c26-25(9-10-25)11-22(34-31-23(32)20-8-7-19(29-20)15-5-6-15)24(33)30-21(12-27)18-14-28-13-16-3-1-2-4-17(16)18/h1-4,7-8,13-15,21-22,29H,5-6,9-11H2,(H,30,33)(H,31,32)/t21?,22-/m0/s1. The van der Waals surface area contributed by atoms with Gasteiger partial charge in [0.25, 0.3) is 5.91 Å². The Labute approximate surface area is 200 Å². The number of carbonyl (C=O) groups excluding carboxylic acids is 2. The molecule has 2 fully saturated rings. The van der Waals surface area contributed by atoms with E-state index in [2.05, 4.69) is 26.1 Å². The molecule has 34 heavy (non-hydrogen) atoms. The number of hydrogen-bond acceptors (Lipinski definition) is 5. The van der Waals surface area contributed by atoms with Gasteiger partial charge in [0.05, 0.1) is 6.07 Å². The van der Waals surface area contributed by atoms with E-state index in [0.717, 1.165) is 41.3 Å². The molecule has 1 unspecified atom stereocenters. The van der Waals surface area contributed by atoms with Crippen LogP contribution in [-0.4, -0.2) is 32.7 Å². The normalized spacial score (nSPS) is 18.0. The number of aromatic amines is 1. The van der Waals surface area contributed by atoms with Crippen LogP contribution >= 0.6 is 11.9 Å². The zero-order chi connectivity index (χ0) is 23.7. The van der Waals surface area contributed by atoms with Gasteiger partial charge in [-0.3, -0.25) is 19.3 Å². The number of hydrogen-bond donors (Lipinski definition) is 3. The highest BCUT2D eigenvalue weighted by Gasteiger charge is 2.46. The molecule has 0 radical (unpaired) electrons. The van der Waals surface area contributed by atoms with Crippen LogP contribution < -0.4 is 10.0 Å². The van der Waals surface area contributed by atoms with Gasteiger partial charge in [-0.05, 0) is 61.1 Å². The monoisotopic (exact) mass is 477 g/mol. The Morgan fingerprint density at radius 1 is 1.24 bits per heavy atom. The van der Waals surface area contributed by atoms with Crippen molar-refractivity contribution in [3.63, 3.8) is 0 Å². The maximum Gasteiger partial charge on any atom is 0.277 e. The highest BCUT2D eigenvalue weighted by molar-refractivity contribution is 7.99. The fraction of sp³-hybridized carbons (Fsp3) is 0.360. The number of nitrogens with zero attached hydrogens (tertiary/aromatic N) is 2. The number of pyridine rings is 1. The van der Waals surface area contributed by atoms with Gasteiger partial charge in [-0.2, -0.15) is 5.26 Å². The number of amides is 2. The van der Waals surface area contributed by atoms with Crippen LogP contribution in [0.25, 0.3) is 10.8 Å². The zero-order valence-corrected chi connectivity index (χ0v) is 19.2. The lowest BCUT2D eigenvalue weighted by molar-refractivity contribution is -0.121. The van der Waals surface area contributed by atoms with E-state index in [1.165, 1.54) is 0 Å². The first-order valence-electron chi connectivity index (χ1n) is 11.3. The van der Waals surface area contributed by atoms with Gasteiger partial charge in [0.15, 0.2) is 0 Å². The van der Waals surface area contributed by atoms with Crippen molar-refractivity contribution in [3.05, 3.63) is 65.7 Å². The van der Waals surface area contributed by atoms with Gasteiger partial charge in [-0.25, -0.2) is 4.39 Å². The SMILES string of the molecule is N#CC(NC(=O)[C@H](CC1(F)CC1)SNC(=O)c1ccc(C2CC2)[nH]1)c1cncc2ccccc12. The minimum atomic E-state index is -1.41. The number of aromatic nitrogens is 2. The number of rotatable bonds is 9. The topological polar surface area (TPSA) is 111 Å². The van der Waals surface area contributed by atoms with Crippen molar-refractivity contribution in [1.82, 2.24) is 20.0 Å². The lowest BCUT2D eigenvalue weighted by Crippen LogP contribution is -2.39. The first kappa shape index (κ1) is 22.4. The highest BCUT2D eigenvalue weighted by Crippen LogP contribution is 2.45. The molecule has 3 N–H and O–H groups in total. The summed E-state index contributed by atoms with van der Waals surface area (Å²) >= 11 is 0.887. The number of H-pyrrole nitrogens is 1. The van der Waals surface area contributed by atoms with Gasteiger partial charge in [0.1, 0.15) is 22.7 Å².